The van der Waals surface area contributed by atoms with E-state index in [1.807, 2.05) is 32.5 Å². The van der Waals surface area contributed by atoms with Crippen LogP contribution in [0, 0.1) is 13.8 Å². The Hall–Kier alpha value is -1.03. The van der Waals surface area contributed by atoms with Gasteiger partial charge in [0.25, 0.3) is 0 Å². The smallest absolute Gasteiger partial charge is 0.150 e. The second-order valence-electron chi connectivity index (χ2n) is 3.29. The number of rotatable bonds is 3. The van der Waals surface area contributed by atoms with Crippen LogP contribution in [0.3, 0.4) is 0 Å². The van der Waals surface area contributed by atoms with E-state index in [1.54, 1.807) is 0 Å². The van der Waals surface area contributed by atoms with Gasteiger partial charge in [0.2, 0.25) is 0 Å². The molecule has 0 aliphatic carbocycles. The monoisotopic (exact) mass is 183 g/mol. The first-order valence-corrected chi connectivity index (χ1v) is 4.46. The van der Waals surface area contributed by atoms with E-state index >= 15 is 0 Å². The molecule has 74 valence electrons. The summed E-state index contributed by atoms with van der Waals surface area (Å²) in [5.41, 5.74) is 2.24. The molecule has 4 nitrogen and oxygen atoms in total. The fourth-order valence-electron chi connectivity index (χ4n) is 1.34. The van der Waals surface area contributed by atoms with Crippen LogP contribution in [0.4, 0.5) is 5.82 Å². The SMILES string of the molecule is CNc1nn(C(C)CO)c(C)c1C. The Bertz CT molecular complexity index is 293. The third-order valence-electron chi connectivity index (χ3n) is 2.37. The van der Waals surface area contributed by atoms with Crippen LogP contribution in [0.5, 0.6) is 0 Å². The average Bonchev–Trinajstić information content (AvgIpc) is 2.43. The second-order valence-corrected chi connectivity index (χ2v) is 3.29. The maximum Gasteiger partial charge on any atom is 0.150 e. The zero-order valence-electron chi connectivity index (χ0n) is 8.63. The minimum absolute atomic E-state index is 0.0424. The van der Waals surface area contributed by atoms with E-state index in [0.29, 0.717) is 0 Å². The lowest BCUT2D eigenvalue weighted by atomic mass is 10.2. The molecule has 1 rings (SSSR count). The van der Waals surface area contributed by atoms with Gasteiger partial charge < -0.3 is 10.4 Å². The molecule has 1 aromatic heterocycles. The van der Waals surface area contributed by atoms with Crippen molar-refractivity contribution in [3.63, 3.8) is 0 Å². The highest BCUT2D eigenvalue weighted by molar-refractivity contribution is 5.45. The van der Waals surface area contributed by atoms with Gasteiger partial charge in [0.15, 0.2) is 5.82 Å². The lowest BCUT2D eigenvalue weighted by Gasteiger charge is -2.10. The molecule has 1 heterocycles. The van der Waals surface area contributed by atoms with Crippen LogP contribution in [0.1, 0.15) is 24.2 Å². The number of nitrogens with zero attached hydrogens (tertiary/aromatic N) is 2. The van der Waals surface area contributed by atoms with Gasteiger partial charge in [-0.3, -0.25) is 4.68 Å². The number of hydrogen-bond donors (Lipinski definition) is 2. The summed E-state index contributed by atoms with van der Waals surface area (Å²) < 4.78 is 1.85. The standard InChI is InChI=1S/C9H17N3O/c1-6(5-13)12-8(3)7(2)9(10-4)11-12/h6,13H,5H2,1-4H3,(H,10,11). The molecule has 0 bridgehead atoms. The summed E-state index contributed by atoms with van der Waals surface area (Å²) in [5, 5.41) is 16.4. The van der Waals surface area contributed by atoms with Crippen LogP contribution in [0.25, 0.3) is 0 Å². The van der Waals surface area contributed by atoms with Gasteiger partial charge in [0.05, 0.1) is 12.6 Å². The summed E-state index contributed by atoms with van der Waals surface area (Å²) in [6.45, 7) is 6.09. The Morgan fingerprint density at radius 2 is 2.15 bits per heavy atom. The normalized spacial score (nSPS) is 13.0. The van der Waals surface area contributed by atoms with E-state index in [2.05, 4.69) is 10.4 Å². The summed E-state index contributed by atoms with van der Waals surface area (Å²) in [6.07, 6.45) is 0. The van der Waals surface area contributed by atoms with E-state index < -0.39 is 0 Å². The molecule has 1 aromatic rings. The topological polar surface area (TPSA) is 50.1 Å². The number of aliphatic hydroxyl groups excluding tert-OH is 1. The third-order valence-corrected chi connectivity index (χ3v) is 2.37. The zero-order chi connectivity index (χ0) is 10.0. The lowest BCUT2D eigenvalue weighted by Crippen LogP contribution is -2.12. The first kappa shape index (κ1) is 10.1. The van der Waals surface area contributed by atoms with E-state index in [9.17, 15) is 0 Å². The fourth-order valence-corrected chi connectivity index (χ4v) is 1.34. The Kier molecular flexibility index (Phi) is 2.93. The number of nitrogens with one attached hydrogen (secondary N) is 1. The van der Waals surface area contributed by atoms with Gasteiger partial charge >= 0.3 is 0 Å². The molecule has 4 heteroatoms. The molecule has 0 amide bonds. The second kappa shape index (κ2) is 3.79. The third kappa shape index (κ3) is 1.67. The highest BCUT2D eigenvalue weighted by Crippen LogP contribution is 2.19. The minimum atomic E-state index is 0.0424. The lowest BCUT2D eigenvalue weighted by molar-refractivity contribution is 0.228. The van der Waals surface area contributed by atoms with Gasteiger partial charge in [-0.15, -0.1) is 0 Å². The molecule has 0 aromatic carbocycles. The van der Waals surface area contributed by atoms with Crippen molar-refractivity contribution in [2.45, 2.75) is 26.8 Å². The molecule has 0 aliphatic heterocycles. The van der Waals surface area contributed by atoms with E-state index in [1.165, 1.54) is 0 Å². The Morgan fingerprint density at radius 1 is 1.54 bits per heavy atom. The fraction of sp³-hybridized carbons (Fsp3) is 0.667. The van der Waals surface area contributed by atoms with E-state index in [0.717, 1.165) is 17.1 Å². The molecule has 0 radical (unpaired) electrons. The van der Waals surface area contributed by atoms with Crippen molar-refractivity contribution < 1.29 is 5.11 Å². The summed E-state index contributed by atoms with van der Waals surface area (Å²) in [6, 6.07) is 0.0424. The van der Waals surface area contributed by atoms with Crippen molar-refractivity contribution in [2.24, 2.45) is 0 Å². The average molecular weight is 183 g/mol. The quantitative estimate of drug-likeness (QED) is 0.737. The summed E-state index contributed by atoms with van der Waals surface area (Å²) >= 11 is 0. The minimum Gasteiger partial charge on any atom is -0.394 e. The Labute approximate surface area is 78.6 Å². The van der Waals surface area contributed by atoms with Gasteiger partial charge in [-0.2, -0.15) is 5.10 Å². The highest BCUT2D eigenvalue weighted by atomic mass is 16.3. The van der Waals surface area contributed by atoms with Crippen molar-refractivity contribution >= 4 is 5.82 Å². The van der Waals surface area contributed by atoms with Crippen LogP contribution in [-0.2, 0) is 0 Å². The van der Waals surface area contributed by atoms with Crippen molar-refractivity contribution in [1.29, 1.82) is 0 Å². The molecule has 1 unspecified atom stereocenters. The summed E-state index contributed by atoms with van der Waals surface area (Å²) in [7, 11) is 1.85. The van der Waals surface area contributed by atoms with Gasteiger partial charge in [0, 0.05) is 18.3 Å². The molecule has 13 heavy (non-hydrogen) atoms. The molecule has 0 fully saturated rings. The van der Waals surface area contributed by atoms with Crippen LogP contribution in [0.2, 0.25) is 0 Å². The van der Waals surface area contributed by atoms with Crippen LogP contribution < -0.4 is 5.32 Å². The molecule has 1 atom stereocenters. The number of aromatic nitrogens is 2. The van der Waals surface area contributed by atoms with Crippen molar-refractivity contribution in [3.05, 3.63) is 11.3 Å². The van der Waals surface area contributed by atoms with Crippen LogP contribution in [-0.4, -0.2) is 28.5 Å². The molecular weight excluding hydrogens is 166 g/mol. The van der Waals surface area contributed by atoms with Crippen molar-refractivity contribution in [3.8, 4) is 0 Å². The van der Waals surface area contributed by atoms with Crippen LogP contribution >= 0.6 is 0 Å². The molecule has 0 aliphatic rings. The number of aliphatic hydroxyl groups is 1. The molecule has 0 saturated carbocycles. The van der Waals surface area contributed by atoms with E-state index in [-0.39, 0.29) is 12.6 Å². The first-order chi connectivity index (χ1) is 6.11. The molecule has 2 N–H and O–H groups in total. The van der Waals surface area contributed by atoms with Gasteiger partial charge in [0.1, 0.15) is 0 Å². The number of hydrogen-bond acceptors (Lipinski definition) is 3. The predicted molar refractivity (Wildman–Crippen MR) is 53.0 cm³/mol. The maximum atomic E-state index is 9.00. The van der Waals surface area contributed by atoms with Gasteiger partial charge in [-0.25, -0.2) is 0 Å². The first-order valence-electron chi connectivity index (χ1n) is 4.46. The largest absolute Gasteiger partial charge is 0.394 e. The summed E-state index contributed by atoms with van der Waals surface area (Å²) in [4.78, 5) is 0. The summed E-state index contributed by atoms with van der Waals surface area (Å²) in [5.74, 6) is 0.887. The molecular formula is C9H17N3O. The Balaban J connectivity index is 3.09. The maximum absolute atomic E-state index is 9.00. The van der Waals surface area contributed by atoms with Crippen LogP contribution in [0.15, 0.2) is 0 Å². The highest BCUT2D eigenvalue weighted by Gasteiger charge is 2.13. The van der Waals surface area contributed by atoms with Crippen molar-refractivity contribution in [2.75, 3.05) is 19.0 Å². The van der Waals surface area contributed by atoms with Crippen molar-refractivity contribution in [1.82, 2.24) is 9.78 Å². The molecule has 0 saturated heterocycles. The predicted octanol–water partition coefficient (Wildman–Crippen LogP) is 1.09. The number of anilines is 1. The van der Waals surface area contributed by atoms with Gasteiger partial charge in [-0.05, 0) is 20.8 Å². The zero-order valence-corrected chi connectivity index (χ0v) is 8.63. The molecule has 0 spiro atoms. The van der Waals surface area contributed by atoms with Gasteiger partial charge in [-0.1, -0.05) is 0 Å². The Morgan fingerprint density at radius 3 is 2.54 bits per heavy atom. The van der Waals surface area contributed by atoms with E-state index in [4.69, 9.17) is 5.11 Å².